The third-order valence-corrected chi connectivity index (χ3v) is 6.71. The van der Waals surface area contributed by atoms with Gasteiger partial charge in [0, 0.05) is 45.0 Å². The van der Waals surface area contributed by atoms with Gasteiger partial charge >= 0.3 is 0 Å². The molecular formula is C24H35N7O5. The largest absolute Gasteiger partial charge is 0.394 e. The molecule has 1 saturated heterocycles. The Morgan fingerprint density at radius 3 is 2.58 bits per heavy atom. The molecule has 2 aliphatic heterocycles. The minimum atomic E-state index is -1.60. The van der Waals surface area contributed by atoms with Gasteiger partial charge in [-0.2, -0.15) is 0 Å². The molecule has 3 heterocycles. The van der Waals surface area contributed by atoms with Crippen LogP contribution in [0.15, 0.2) is 21.9 Å². The molecular weight excluding hydrogens is 466 g/mol. The molecule has 1 aromatic heterocycles. The van der Waals surface area contributed by atoms with E-state index in [4.69, 9.17) is 0 Å². The number of benzene rings is 1. The maximum atomic E-state index is 12.6. The number of hydrogen-bond acceptors (Lipinski definition) is 11. The van der Waals surface area contributed by atoms with Crippen LogP contribution in [0.5, 0.6) is 0 Å². The minimum absolute atomic E-state index is 0.0643. The summed E-state index contributed by atoms with van der Waals surface area (Å²) < 4.78 is 0. The minimum Gasteiger partial charge on any atom is -0.394 e. The van der Waals surface area contributed by atoms with Gasteiger partial charge in [-0.3, -0.25) is 9.69 Å². The monoisotopic (exact) mass is 501 g/mol. The van der Waals surface area contributed by atoms with Crippen molar-refractivity contribution in [2.24, 2.45) is 4.99 Å². The number of rotatable bonds is 9. The van der Waals surface area contributed by atoms with Gasteiger partial charge in [0.1, 0.15) is 23.8 Å². The van der Waals surface area contributed by atoms with Crippen LogP contribution in [0, 0.1) is 6.92 Å². The maximum Gasteiger partial charge on any atom is 0.279 e. The lowest BCUT2D eigenvalue weighted by atomic mass is 10.1. The SMILES string of the molecule is C=c1nc2c(c(=O)[nH]1)=Nc1cc(C)c(NCCN3CCN(C)CC3)cc1N2C[C@H](O)[C@H](O)[C@H](O)CO. The standard InChI is InChI=1S/C24H35N7O5/c1-14-10-17-18(11-16(14)25-4-5-30-8-6-29(3)7-9-30)31(12-19(33)22(35)20(34)13-32)23-21(28-17)24(36)27-15(2)26-23/h10-11,19-20,22,25,32-35H,2,4-9,12-13H2,1,3H3,(H,27,36)/t19-,20+,22-/m0/s1. The molecule has 12 nitrogen and oxygen atoms in total. The number of nitrogens with one attached hydrogen (secondary N) is 2. The second-order valence-electron chi connectivity index (χ2n) is 9.44. The van der Waals surface area contributed by atoms with E-state index < -0.39 is 30.5 Å². The number of aromatic nitrogens is 2. The van der Waals surface area contributed by atoms with Crippen LogP contribution < -0.4 is 26.6 Å². The Labute approximate surface area is 208 Å². The zero-order valence-electron chi connectivity index (χ0n) is 20.7. The molecule has 0 saturated carbocycles. The number of H-pyrrole nitrogens is 1. The van der Waals surface area contributed by atoms with Crippen LogP contribution >= 0.6 is 0 Å². The van der Waals surface area contributed by atoms with Crippen molar-refractivity contribution in [2.75, 3.05) is 69.7 Å². The smallest absolute Gasteiger partial charge is 0.279 e. The van der Waals surface area contributed by atoms with E-state index in [9.17, 15) is 25.2 Å². The van der Waals surface area contributed by atoms with Crippen molar-refractivity contribution in [3.63, 3.8) is 0 Å². The Hall–Kier alpha value is -2.87. The molecule has 1 aromatic carbocycles. The number of aryl methyl sites for hydroxylation is 1. The molecule has 196 valence electrons. The predicted molar refractivity (Wildman–Crippen MR) is 137 cm³/mol. The molecule has 0 amide bonds. The van der Waals surface area contributed by atoms with Gasteiger partial charge in [0.2, 0.25) is 0 Å². The lowest BCUT2D eigenvalue weighted by molar-refractivity contribution is -0.0726. The number of aliphatic hydroxyl groups excluding tert-OH is 4. The van der Waals surface area contributed by atoms with Crippen LogP contribution in [0.2, 0.25) is 0 Å². The molecule has 36 heavy (non-hydrogen) atoms. The van der Waals surface area contributed by atoms with Crippen molar-refractivity contribution in [2.45, 2.75) is 25.2 Å². The van der Waals surface area contributed by atoms with Crippen LogP contribution in [0.4, 0.5) is 22.9 Å². The van der Waals surface area contributed by atoms with Gasteiger partial charge in [0.05, 0.1) is 24.5 Å². The summed E-state index contributed by atoms with van der Waals surface area (Å²) in [4.78, 5) is 30.3. The van der Waals surface area contributed by atoms with E-state index in [2.05, 4.69) is 43.7 Å². The Bertz CT molecular complexity index is 1240. The van der Waals surface area contributed by atoms with Crippen molar-refractivity contribution in [3.8, 4) is 0 Å². The quantitative estimate of drug-likeness (QED) is 0.219. The first kappa shape index (κ1) is 26.2. The summed E-state index contributed by atoms with van der Waals surface area (Å²) >= 11 is 0. The van der Waals surface area contributed by atoms with E-state index in [0.717, 1.165) is 50.5 Å². The van der Waals surface area contributed by atoms with E-state index in [0.29, 0.717) is 11.4 Å². The first-order chi connectivity index (χ1) is 17.2. The van der Waals surface area contributed by atoms with Crippen molar-refractivity contribution in [3.05, 3.63) is 38.9 Å². The summed E-state index contributed by atoms with van der Waals surface area (Å²) in [6, 6.07) is 3.74. The molecule has 0 radical (unpaired) electrons. The summed E-state index contributed by atoms with van der Waals surface area (Å²) in [6.45, 7) is 10.5. The molecule has 0 bridgehead atoms. The molecule has 1 fully saturated rings. The van der Waals surface area contributed by atoms with Crippen molar-refractivity contribution >= 4 is 29.5 Å². The fourth-order valence-electron chi connectivity index (χ4n) is 4.47. The Morgan fingerprint density at radius 1 is 1.17 bits per heavy atom. The highest BCUT2D eigenvalue weighted by molar-refractivity contribution is 5.80. The van der Waals surface area contributed by atoms with Crippen molar-refractivity contribution < 1.29 is 20.4 Å². The normalized spacial score (nSPS) is 18.7. The lowest BCUT2D eigenvalue weighted by Crippen LogP contribution is -2.48. The molecule has 2 aromatic rings. The number of fused-ring (bicyclic) bond motifs is 2. The number of nitrogens with zero attached hydrogens (tertiary/aromatic N) is 5. The number of likely N-dealkylation sites (N-methyl/N-ethyl adjacent to an activating group) is 1. The van der Waals surface area contributed by atoms with Gasteiger partial charge in [0.25, 0.3) is 5.56 Å². The third-order valence-electron chi connectivity index (χ3n) is 6.71. The predicted octanol–water partition coefficient (Wildman–Crippen LogP) is -2.37. The number of hydrogen-bond donors (Lipinski definition) is 6. The first-order valence-corrected chi connectivity index (χ1v) is 12.1. The maximum absolute atomic E-state index is 12.6. The summed E-state index contributed by atoms with van der Waals surface area (Å²) in [5.41, 5.74) is 2.56. The number of β-amino-alcohol motifs (C(OH)–C–C–N with tert-alkyl or cyclic N) is 1. The third kappa shape index (κ3) is 5.59. The Kier molecular flexibility index (Phi) is 8.03. The second kappa shape index (κ2) is 11.0. The zero-order valence-corrected chi connectivity index (χ0v) is 20.7. The van der Waals surface area contributed by atoms with Gasteiger partial charge in [0.15, 0.2) is 11.2 Å². The van der Waals surface area contributed by atoms with E-state index in [1.807, 2.05) is 19.1 Å². The topological polar surface area (TPSA) is 161 Å². The number of anilines is 3. The number of aromatic amines is 1. The van der Waals surface area contributed by atoms with E-state index >= 15 is 0 Å². The van der Waals surface area contributed by atoms with E-state index in [-0.39, 0.29) is 23.2 Å². The van der Waals surface area contributed by atoms with Crippen molar-refractivity contribution in [1.29, 1.82) is 0 Å². The fourth-order valence-corrected chi connectivity index (χ4v) is 4.47. The summed E-state index contributed by atoms with van der Waals surface area (Å²) in [7, 11) is 2.13. The highest BCUT2D eigenvalue weighted by atomic mass is 16.4. The Balaban J connectivity index is 1.64. The van der Waals surface area contributed by atoms with Crippen LogP contribution in [0.1, 0.15) is 5.56 Å². The molecule has 3 atom stereocenters. The van der Waals surface area contributed by atoms with Gasteiger partial charge in [-0.1, -0.05) is 6.58 Å². The summed E-state index contributed by atoms with van der Waals surface area (Å²) in [5.74, 6) is 0.188. The molecule has 0 spiro atoms. The van der Waals surface area contributed by atoms with Crippen LogP contribution in [0.3, 0.4) is 0 Å². The molecule has 0 unspecified atom stereocenters. The molecule has 4 rings (SSSR count). The average Bonchev–Trinajstić information content (AvgIpc) is 2.85. The van der Waals surface area contributed by atoms with Crippen molar-refractivity contribution in [1.82, 2.24) is 19.8 Å². The zero-order chi connectivity index (χ0) is 26.0. The molecule has 2 aliphatic rings. The first-order valence-electron chi connectivity index (χ1n) is 12.1. The van der Waals surface area contributed by atoms with E-state index in [1.165, 1.54) is 0 Å². The fraction of sp³-hybridized carbons (Fsp3) is 0.542. The summed E-state index contributed by atoms with van der Waals surface area (Å²) in [6.07, 6.45) is -4.57. The Morgan fingerprint density at radius 2 is 1.89 bits per heavy atom. The number of aliphatic hydroxyl groups is 4. The van der Waals surface area contributed by atoms with Gasteiger partial charge < -0.3 is 40.5 Å². The van der Waals surface area contributed by atoms with Crippen LogP contribution in [-0.2, 0) is 0 Å². The molecule has 6 N–H and O–H groups in total. The molecule has 0 aliphatic carbocycles. The van der Waals surface area contributed by atoms with Gasteiger partial charge in [-0.05, 0) is 31.7 Å². The van der Waals surface area contributed by atoms with Gasteiger partial charge in [-0.25, -0.2) is 9.98 Å². The highest BCUT2D eigenvalue weighted by Crippen LogP contribution is 2.38. The summed E-state index contributed by atoms with van der Waals surface area (Å²) in [5, 5.41) is 43.4. The number of piperazine rings is 1. The average molecular weight is 502 g/mol. The van der Waals surface area contributed by atoms with E-state index in [1.54, 1.807) is 4.90 Å². The molecule has 12 heteroatoms. The lowest BCUT2D eigenvalue weighted by Gasteiger charge is -2.33. The van der Waals surface area contributed by atoms with Gasteiger partial charge in [-0.15, -0.1) is 0 Å². The highest BCUT2D eigenvalue weighted by Gasteiger charge is 2.31. The second-order valence-corrected chi connectivity index (χ2v) is 9.44. The van der Waals surface area contributed by atoms with Crippen LogP contribution in [0.25, 0.3) is 6.58 Å². The van der Waals surface area contributed by atoms with Crippen LogP contribution in [-0.4, -0.2) is 118 Å².